The van der Waals surface area contributed by atoms with E-state index in [1.54, 1.807) is 14.2 Å². The summed E-state index contributed by atoms with van der Waals surface area (Å²) in [5.41, 5.74) is 0. The molecule has 27 heavy (non-hydrogen) atoms. The number of methoxy groups -OCH3 is 2. The van der Waals surface area contributed by atoms with Gasteiger partial charge in [0, 0.05) is 44.3 Å². The highest BCUT2D eigenvalue weighted by atomic mass is 127. The molecule has 1 aromatic carbocycles. The summed E-state index contributed by atoms with van der Waals surface area (Å²) < 4.78 is 16.3. The molecule has 0 heterocycles. The summed E-state index contributed by atoms with van der Waals surface area (Å²) in [6, 6.07) is 5.53. The number of hydrogen-bond donors (Lipinski definition) is 2. The fourth-order valence-electron chi connectivity index (χ4n) is 2.23. The molecule has 0 radical (unpaired) electrons. The average Bonchev–Trinajstić information content (AvgIpc) is 2.67. The molecule has 1 rings (SSSR count). The molecule has 0 aromatic heterocycles. The van der Waals surface area contributed by atoms with Crippen LogP contribution < -0.4 is 24.8 Å². The van der Waals surface area contributed by atoms with Crippen LogP contribution in [-0.4, -0.2) is 58.4 Å². The summed E-state index contributed by atoms with van der Waals surface area (Å²) in [6.07, 6.45) is 5.36. The normalized spacial score (nSPS) is 10.7. The molecule has 0 spiro atoms. The van der Waals surface area contributed by atoms with Crippen LogP contribution in [0.1, 0.15) is 26.2 Å². The van der Waals surface area contributed by atoms with Gasteiger partial charge in [-0.1, -0.05) is 0 Å². The minimum absolute atomic E-state index is 0. The molecule has 8 heteroatoms. The Morgan fingerprint density at radius 3 is 2.26 bits per heavy atom. The molecule has 0 bridgehead atoms. The number of nitrogens with one attached hydrogen (secondary N) is 2. The summed E-state index contributed by atoms with van der Waals surface area (Å²) in [7, 11) is 3.26. The van der Waals surface area contributed by atoms with Gasteiger partial charge >= 0.3 is 0 Å². The first-order chi connectivity index (χ1) is 12.7. The maximum Gasteiger partial charge on any atom is 0.191 e. The molecule has 6 nitrogen and oxygen atoms in total. The van der Waals surface area contributed by atoms with Gasteiger partial charge in [0.15, 0.2) is 5.96 Å². The van der Waals surface area contributed by atoms with Crippen molar-refractivity contribution in [2.45, 2.75) is 26.2 Å². The number of aliphatic imine (C=N–C) groups is 1. The molecule has 0 unspecified atom stereocenters. The van der Waals surface area contributed by atoms with Crippen LogP contribution in [0.3, 0.4) is 0 Å². The van der Waals surface area contributed by atoms with Crippen LogP contribution >= 0.6 is 35.7 Å². The first-order valence-electron chi connectivity index (χ1n) is 9.10. The zero-order valence-electron chi connectivity index (χ0n) is 16.9. The van der Waals surface area contributed by atoms with Gasteiger partial charge in [-0.25, -0.2) is 0 Å². The highest BCUT2D eigenvalue weighted by molar-refractivity contribution is 14.0. The number of rotatable bonds is 13. The minimum atomic E-state index is 0. The molecule has 0 saturated heterocycles. The van der Waals surface area contributed by atoms with E-state index in [-0.39, 0.29) is 24.0 Å². The van der Waals surface area contributed by atoms with Crippen LogP contribution in [0.25, 0.3) is 0 Å². The molecule has 0 aliphatic carbocycles. The van der Waals surface area contributed by atoms with Crippen molar-refractivity contribution in [2.75, 3.05) is 52.5 Å². The number of guanidine groups is 1. The van der Waals surface area contributed by atoms with Crippen molar-refractivity contribution in [1.82, 2.24) is 10.6 Å². The van der Waals surface area contributed by atoms with Crippen LogP contribution in [0.15, 0.2) is 23.2 Å². The topological polar surface area (TPSA) is 64.1 Å². The molecule has 0 aliphatic heterocycles. The predicted molar refractivity (Wildman–Crippen MR) is 127 cm³/mol. The fraction of sp³-hybridized carbons (Fsp3) is 0.632. The Hall–Kier alpha value is -1.03. The number of hydrogen-bond acceptors (Lipinski definition) is 5. The van der Waals surface area contributed by atoms with E-state index in [1.807, 2.05) is 30.0 Å². The SMILES string of the molecule is CCNC(=NCCCOc1cc(OC)cc(OC)c1)NCCCCSC.I. The Labute approximate surface area is 185 Å². The third-order valence-electron chi connectivity index (χ3n) is 3.58. The van der Waals surface area contributed by atoms with Crippen LogP contribution in [0, 0.1) is 0 Å². The van der Waals surface area contributed by atoms with Gasteiger partial charge < -0.3 is 24.8 Å². The van der Waals surface area contributed by atoms with E-state index >= 15 is 0 Å². The third kappa shape index (κ3) is 12.1. The molecule has 1 aromatic rings. The summed E-state index contributed by atoms with van der Waals surface area (Å²) in [5, 5.41) is 6.65. The third-order valence-corrected chi connectivity index (χ3v) is 4.27. The van der Waals surface area contributed by atoms with Crippen molar-refractivity contribution < 1.29 is 14.2 Å². The summed E-state index contributed by atoms with van der Waals surface area (Å²) in [4.78, 5) is 4.59. The van der Waals surface area contributed by atoms with Crippen LogP contribution in [0.4, 0.5) is 0 Å². The Bertz CT molecular complexity index is 511. The van der Waals surface area contributed by atoms with Crippen LogP contribution in [0.5, 0.6) is 17.2 Å². The Kier molecular flexibility index (Phi) is 16.4. The number of benzene rings is 1. The van der Waals surface area contributed by atoms with Gasteiger partial charge in [0.05, 0.1) is 20.8 Å². The molecule has 0 fully saturated rings. The van der Waals surface area contributed by atoms with E-state index < -0.39 is 0 Å². The summed E-state index contributed by atoms with van der Waals surface area (Å²) >= 11 is 1.89. The number of nitrogens with zero attached hydrogens (tertiary/aromatic N) is 1. The Morgan fingerprint density at radius 1 is 1.00 bits per heavy atom. The van der Waals surface area contributed by atoms with Gasteiger partial charge in [-0.05, 0) is 31.8 Å². The van der Waals surface area contributed by atoms with Gasteiger partial charge in [0.25, 0.3) is 0 Å². The zero-order valence-corrected chi connectivity index (χ0v) is 20.0. The lowest BCUT2D eigenvalue weighted by Gasteiger charge is -2.12. The lowest BCUT2D eigenvalue weighted by Crippen LogP contribution is -2.38. The number of thioether (sulfide) groups is 1. The van der Waals surface area contributed by atoms with Crippen molar-refractivity contribution in [3.63, 3.8) is 0 Å². The molecular formula is C19H34IN3O3S. The van der Waals surface area contributed by atoms with Crippen molar-refractivity contribution in [3.05, 3.63) is 18.2 Å². The van der Waals surface area contributed by atoms with E-state index in [0.717, 1.165) is 49.1 Å². The van der Waals surface area contributed by atoms with E-state index in [4.69, 9.17) is 14.2 Å². The van der Waals surface area contributed by atoms with Gasteiger partial charge in [-0.15, -0.1) is 24.0 Å². The molecule has 0 aliphatic rings. The first-order valence-corrected chi connectivity index (χ1v) is 10.5. The highest BCUT2D eigenvalue weighted by Crippen LogP contribution is 2.27. The monoisotopic (exact) mass is 511 g/mol. The second-order valence-corrected chi connectivity index (χ2v) is 6.62. The molecule has 0 saturated carbocycles. The fourth-order valence-corrected chi connectivity index (χ4v) is 2.72. The predicted octanol–water partition coefficient (Wildman–Crippen LogP) is 3.79. The van der Waals surface area contributed by atoms with Gasteiger partial charge in [0.2, 0.25) is 0 Å². The standard InChI is InChI=1S/C19H33N3O3S.HI/c1-5-20-19(21-9-6-7-12-26-4)22-10-8-11-25-18-14-16(23-2)13-17(15-18)24-3;/h13-15H,5-12H2,1-4H3,(H2,20,21,22);1H. The van der Waals surface area contributed by atoms with Crippen molar-refractivity contribution in [3.8, 4) is 17.2 Å². The lowest BCUT2D eigenvalue weighted by atomic mass is 10.3. The summed E-state index contributed by atoms with van der Waals surface area (Å²) in [6.45, 7) is 5.18. The number of unbranched alkanes of at least 4 members (excludes halogenated alkanes) is 1. The molecule has 2 N–H and O–H groups in total. The zero-order chi connectivity index (χ0) is 19.0. The lowest BCUT2D eigenvalue weighted by molar-refractivity contribution is 0.307. The molecule has 156 valence electrons. The second kappa shape index (κ2) is 17.1. The number of ether oxygens (including phenoxy) is 3. The van der Waals surface area contributed by atoms with Crippen LogP contribution in [0.2, 0.25) is 0 Å². The van der Waals surface area contributed by atoms with E-state index in [9.17, 15) is 0 Å². The van der Waals surface area contributed by atoms with Gasteiger partial charge in [-0.2, -0.15) is 11.8 Å². The summed E-state index contributed by atoms with van der Waals surface area (Å²) in [5.74, 6) is 4.26. The average molecular weight is 511 g/mol. The van der Waals surface area contributed by atoms with E-state index in [2.05, 4.69) is 28.8 Å². The second-order valence-electron chi connectivity index (χ2n) is 5.64. The number of halogens is 1. The largest absolute Gasteiger partial charge is 0.496 e. The van der Waals surface area contributed by atoms with Crippen molar-refractivity contribution >= 4 is 41.7 Å². The molecule has 0 amide bonds. The van der Waals surface area contributed by atoms with Crippen molar-refractivity contribution in [1.29, 1.82) is 0 Å². The molecular weight excluding hydrogens is 477 g/mol. The van der Waals surface area contributed by atoms with Gasteiger partial charge in [-0.3, -0.25) is 4.99 Å². The van der Waals surface area contributed by atoms with Crippen molar-refractivity contribution in [2.24, 2.45) is 4.99 Å². The Balaban J connectivity index is 0.00000676. The maximum atomic E-state index is 5.79. The maximum absolute atomic E-state index is 5.79. The van der Waals surface area contributed by atoms with Crippen LogP contribution in [-0.2, 0) is 0 Å². The Morgan fingerprint density at radius 2 is 1.67 bits per heavy atom. The minimum Gasteiger partial charge on any atom is -0.496 e. The highest BCUT2D eigenvalue weighted by Gasteiger charge is 2.03. The molecule has 0 atom stereocenters. The van der Waals surface area contributed by atoms with E-state index in [1.165, 1.54) is 12.2 Å². The van der Waals surface area contributed by atoms with E-state index in [0.29, 0.717) is 13.2 Å². The van der Waals surface area contributed by atoms with Gasteiger partial charge in [0.1, 0.15) is 17.2 Å². The first kappa shape index (κ1) is 26.0. The quantitative estimate of drug-likeness (QED) is 0.182. The smallest absolute Gasteiger partial charge is 0.191 e.